The highest BCUT2D eigenvalue weighted by molar-refractivity contribution is 6.30. The van der Waals surface area contributed by atoms with Gasteiger partial charge in [-0.2, -0.15) is 0 Å². The first kappa shape index (κ1) is 17.7. The molecule has 2 aliphatic rings. The molecule has 0 unspecified atom stereocenters. The van der Waals surface area contributed by atoms with Crippen molar-refractivity contribution in [1.29, 1.82) is 0 Å². The van der Waals surface area contributed by atoms with Crippen molar-refractivity contribution in [3.05, 3.63) is 34.9 Å². The minimum atomic E-state index is 0.125. The molecule has 0 spiro atoms. The Bertz CT molecular complexity index is 546. The second-order valence-electron chi connectivity index (χ2n) is 6.72. The van der Waals surface area contributed by atoms with E-state index in [1.54, 1.807) is 0 Å². The molecule has 6 heteroatoms. The number of hydrogen-bond acceptors (Lipinski definition) is 4. The van der Waals surface area contributed by atoms with Crippen molar-refractivity contribution in [3.63, 3.8) is 0 Å². The number of halogens is 1. The Morgan fingerprint density at radius 1 is 1.17 bits per heavy atom. The molecule has 0 aliphatic carbocycles. The third kappa shape index (κ3) is 4.48. The van der Waals surface area contributed by atoms with Crippen LogP contribution in [0.5, 0.6) is 0 Å². The van der Waals surface area contributed by atoms with Crippen LogP contribution in [0.2, 0.25) is 5.02 Å². The summed E-state index contributed by atoms with van der Waals surface area (Å²) in [4.78, 5) is 16.9. The lowest BCUT2D eigenvalue weighted by atomic mass is 9.96. The summed E-state index contributed by atoms with van der Waals surface area (Å²) in [7, 11) is 0. The lowest BCUT2D eigenvalue weighted by molar-refractivity contribution is -0.129. The molecular weight excluding hydrogens is 328 g/mol. The number of hydrogen-bond donors (Lipinski definition) is 1. The lowest BCUT2D eigenvalue weighted by Crippen LogP contribution is -2.41. The molecule has 132 valence electrons. The quantitative estimate of drug-likeness (QED) is 0.867. The Morgan fingerprint density at radius 2 is 1.83 bits per heavy atom. The Balaban J connectivity index is 1.56. The number of carbonyl (C=O) groups excluding carboxylic acids is 1. The Morgan fingerprint density at radius 3 is 2.50 bits per heavy atom. The standard InChI is InChI=1S/C18H25ClN2O3/c19-17-3-1-14(2-4-17)9-18(23)21-11-15(16(12-21)13-22)10-20-5-7-24-8-6-20/h1-4,15-16,22H,5-13H2/t15-,16-/m0/s1. The van der Waals surface area contributed by atoms with Crippen LogP contribution in [0.4, 0.5) is 0 Å². The molecule has 2 heterocycles. The van der Waals surface area contributed by atoms with E-state index in [9.17, 15) is 9.90 Å². The van der Waals surface area contributed by atoms with Crippen LogP contribution >= 0.6 is 11.6 Å². The molecule has 1 N–H and O–H groups in total. The van der Waals surface area contributed by atoms with Crippen molar-refractivity contribution in [3.8, 4) is 0 Å². The van der Waals surface area contributed by atoms with E-state index in [4.69, 9.17) is 16.3 Å². The van der Waals surface area contributed by atoms with Gasteiger partial charge in [0.05, 0.1) is 19.6 Å². The van der Waals surface area contributed by atoms with Crippen molar-refractivity contribution >= 4 is 17.5 Å². The number of morpholine rings is 1. The van der Waals surface area contributed by atoms with Crippen LogP contribution in [-0.4, -0.2) is 73.4 Å². The van der Waals surface area contributed by atoms with Gasteiger partial charge in [-0.05, 0) is 23.6 Å². The molecular formula is C18H25ClN2O3. The van der Waals surface area contributed by atoms with Gasteiger partial charge in [-0.3, -0.25) is 9.69 Å². The van der Waals surface area contributed by atoms with E-state index in [0.717, 1.165) is 45.0 Å². The largest absolute Gasteiger partial charge is 0.396 e. The van der Waals surface area contributed by atoms with Gasteiger partial charge in [0.1, 0.15) is 0 Å². The molecule has 1 aromatic carbocycles. The molecule has 1 aromatic rings. The summed E-state index contributed by atoms with van der Waals surface area (Å²) < 4.78 is 5.39. The topological polar surface area (TPSA) is 53.0 Å². The van der Waals surface area contributed by atoms with E-state index in [-0.39, 0.29) is 18.4 Å². The Labute approximate surface area is 148 Å². The third-order valence-corrected chi connectivity index (χ3v) is 5.28. The summed E-state index contributed by atoms with van der Waals surface area (Å²) >= 11 is 5.89. The van der Waals surface area contributed by atoms with Crippen LogP contribution in [0.25, 0.3) is 0 Å². The van der Waals surface area contributed by atoms with Crippen LogP contribution in [0.1, 0.15) is 5.56 Å². The zero-order valence-corrected chi connectivity index (χ0v) is 14.6. The van der Waals surface area contributed by atoms with Gasteiger partial charge in [-0.25, -0.2) is 0 Å². The number of carbonyl (C=O) groups is 1. The second-order valence-corrected chi connectivity index (χ2v) is 7.15. The number of aliphatic hydroxyl groups is 1. The lowest BCUT2D eigenvalue weighted by Gasteiger charge is -2.30. The van der Waals surface area contributed by atoms with E-state index >= 15 is 0 Å². The maximum atomic E-state index is 12.6. The van der Waals surface area contributed by atoms with Crippen LogP contribution in [0.15, 0.2) is 24.3 Å². The third-order valence-electron chi connectivity index (χ3n) is 5.03. The van der Waals surface area contributed by atoms with Crippen molar-refractivity contribution in [1.82, 2.24) is 9.80 Å². The molecule has 0 radical (unpaired) electrons. The molecule has 0 saturated carbocycles. The molecule has 24 heavy (non-hydrogen) atoms. The van der Waals surface area contributed by atoms with E-state index in [0.29, 0.717) is 23.9 Å². The zero-order valence-electron chi connectivity index (χ0n) is 13.9. The summed E-state index contributed by atoms with van der Waals surface area (Å²) in [6.07, 6.45) is 0.388. The summed E-state index contributed by atoms with van der Waals surface area (Å²) in [6, 6.07) is 7.41. The SMILES string of the molecule is O=C(Cc1ccc(Cl)cc1)N1C[C@@H](CO)[C@@H](CN2CCOCC2)C1. The number of amides is 1. The highest BCUT2D eigenvalue weighted by Gasteiger charge is 2.35. The number of aliphatic hydroxyl groups excluding tert-OH is 1. The van der Waals surface area contributed by atoms with E-state index in [2.05, 4.69) is 4.90 Å². The van der Waals surface area contributed by atoms with Crippen molar-refractivity contribution < 1.29 is 14.6 Å². The van der Waals surface area contributed by atoms with Crippen LogP contribution in [-0.2, 0) is 16.0 Å². The fourth-order valence-corrected chi connectivity index (χ4v) is 3.69. The number of ether oxygens (including phenoxy) is 1. The number of nitrogens with zero attached hydrogens (tertiary/aromatic N) is 2. The summed E-state index contributed by atoms with van der Waals surface area (Å²) in [6.45, 7) is 5.87. The van der Waals surface area contributed by atoms with E-state index in [1.807, 2.05) is 29.2 Å². The molecule has 2 aliphatic heterocycles. The average molecular weight is 353 g/mol. The predicted molar refractivity (Wildman–Crippen MR) is 93.1 cm³/mol. The molecule has 5 nitrogen and oxygen atoms in total. The molecule has 3 rings (SSSR count). The molecule has 2 atom stereocenters. The maximum absolute atomic E-state index is 12.6. The fraction of sp³-hybridized carbons (Fsp3) is 0.611. The Hall–Kier alpha value is -1.14. The number of likely N-dealkylation sites (tertiary alicyclic amines) is 1. The van der Waals surface area contributed by atoms with E-state index < -0.39 is 0 Å². The number of rotatable bonds is 5. The maximum Gasteiger partial charge on any atom is 0.227 e. The molecule has 0 aromatic heterocycles. The first-order valence-electron chi connectivity index (χ1n) is 8.59. The molecule has 2 saturated heterocycles. The van der Waals surface area contributed by atoms with Crippen LogP contribution in [0.3, 0.4) is 0 Å². The van der Waals surface area contributed by atoms with Gasteiger partial charge in [0, 0.05) is 50.3 Å². The zero-order chi connectivity index (χ0) is 16.9. The first-order valence-corrected chi connectivity index (χ1v) is 8.96. The van der Waals surface area contributed by atoms with Crippen LogP contribution < -0.4 is 0 Å². The van der Waals surface area contributed by atoms with Gasteiger partial charge in [-0.15, -0.1) is 0 Å². The van der Waals surface area contributed by atoms with Crippen LogP contribution in [0, 0.1) is 11.8 Å². The molecule has 2 fully saturated rings. The minimum Gasteiger partial charge on any atom is -0.396 e. The molecule has 1 amide bonds. The summed E-state index contributed by atoms with van der Waals surface area (Å²) in [5.74, 6) is 0.629. The van der Waals surface area contributed by atoms with Gasteiger partial charge < -0.3 is 14.7 Å². The number of benzene rings is 1. The van der Waals surface area contributed by atoms with Gasteiger partial charge in [0.2, 0.25) is 5.91 Å². The van der Waals surface area contributed by atoms with Gasteiger partial charge >= 0.3 is 0 Å². The van der Waals surface area contributed by atoms with Gasteiger partial charge in [0.25, 0.3) is 0 Å². The highest BCUT2D eigenvalue weighted by atomic mass is 35.5. The normalized spacial score (nSPS) is 25.2. The smallest absolute Gasteiger partial charge is 0.227 e. The second kappa shape index (κ2) is 8.30. The average Bonchev–Trinajstić information content (AvgIpc) is 3.01. The fourth-order valence-electron chi connectivity index (χ4n) is 3.56. The van der Waals surface area contributed by atoms with E-state index in [1.165, 1.54) is 0 Å². The first-order chi connectivity index (χ1) is 11.7. The predicted octanol–water partition coefficient (Wildman–Crippen LogP) is 1.28. The summed E-state index contributed by atoms with van der Waals surface area (Å²) in [5.41, 5.74) is 0.974. The monoisotopic (exact) mass is 352 g/mol. The highest BCUT2D eigenvalue weighted by Crippen LogP contribution is 2.25. The van der Waals surface area contributed by atoms with Crippen molar-refractivity contribution in [2.75, 3.05) is 52.5 Å². The van der Waals surface area contributed by atoms with Crippen molar-refractivity contribution in [2.24, 2.45) is 11.8 Å². The summed E-state index contributed by atoms with van der Waals surface area (Å²) in [5, 5.41) is 10.4. The van der Waals surface area contributed by atoms with Gasteiger partial charge in [0.15, 0.2) is 0 Å². The van der Waals surface area contributed by atoms with Crippen molar-refractivity contribution in [2.45, 2.75) is 6.42 Å². The minimum absolute atomic E-state index is 0.125. The molecule has 0 bridgehead atoms. The van der Waals surface area contributed by atoms with Gasteiger partial charge in [-0.1, -0.05) is 23.7 Å². The Kier molecular flexibility index (Phi) is 6.11.